The van der Waals surface area contributed by atoms with Gasteiger partial charge in [0.1, 0.15) is 0 Å². The minimum Gasteiger partial charge on any atom is -0.396 e. The molecule has 94 valence electrons. The maximum atomic E-state index is 9.51. The number of hydrogen-bond donors (Lipinski definition) is 1. The largest absolute Gasteiger partial charge is 0.396 e. The highest BCUT2D eigenvalue weighted by molar-refractivity contribution is 5.06. The highest BCUT2D eigenvalue weighted by Crippen LogP contribution is 2.64. The Hall–Kier alpha value is -0.0400. The molecule has 2 aliphatic carbocycles. The Kier molecular flexibility index (Phi) is 2.89. The van der Waals surface area contributed by atoms with Crippen molar-refractivity contribution in [1.29, 1.82) is 0 Å². The van der Waals surface area contributed by atoms with E-state index in [2.05, 4.69) is 27.7 Å². The summed E-state index contributed by atoms with van der Waals surface area (Å²) in [5.41, 5.74) is 1.33. The fourth-order valence-electron chi connectivity index (χ4n) is 3.94. The summed E-state index contributed by atoms with van der Waals surface area (Å²) in [6.07, 6.45) is 7.94. The van der Waals surface area contributed by atoms with Crippen LogP contribution in [0.1, 0.15) is 66.2 Å². The van der Waals surface area contributed by atoms with Crippen molar-refractivity contribution in [2.24, 2.45) is 22.2 Å². The van der Waals surface area contributed by atoms with Crippen LogP contribution in [0, 0.1) is 22.2 Å². The first-order valence-electron chi connectivity index (χ1n) is 7.00. The summed E-state index contributed by atoms with van der Waals surface area (Å²) < 4.78 is 0. The van der Waals surface area contributed by atoms with Crippen molar-refractivity contribution in [2.45, 2.75) is 66.2 Å². The first-order chi connectivity index (χ1) is 7.39. The number of aliphatic hydroxyl groups excluding tert-OH is 1. The van der Waals surface area contributed by atoms with Crippen molar-refractivity contribution in [3.8, 4) is 0 Å². The lowest BCUT2D eigenvalue weighted by Crippen LogP contribution is -2.31. The fraction of sp³-hybridized carbons (Fsp3) is 1.00. The molecule has 16 heavy (non-hydrogen) atoms. The summed E-state index contributed by atoms with van der Waals surface area (Å²) >= 11 is 0. The Morgan fingerprint density at radius 1 is 1.19 bits per heavy atom. The Morgan fingerprint density at radius 3 is 2.25 bits per heavy atom. The van der Waals surface area contributed by atoms with Crippen molar-refractivity contribution in [3.05, 3.63) is 0 Å². The predicted octanol–water partition coefficient (Wildman–Crippen LogP) is 4.00. The van der Waals surface area contributed by atoms with Crippen molar-refractivity contribution >= 4 is 0 Å². The van der Waals surface area contributed by atoms with E-state index in [1.165, 1.54) is 32.1 Å². The van der Waals surface area contributed by atoms with Crippen LogP contribution in [0.15, 0.2) is 0 Å². The number of aliphatic hydroxyl groups is 1. The van der Waals surface area contributed by atoms with Gasteiger partial charge in [0.2, 0.25) is 0 Å². The highest BCUT2D eigenvalue weighted by atomic mass is 16.3. The first kappa shape index (κ1) is 12.4. The lowest BCUT2D eigenvalue weighted by molar-refractivity contribution is 0.0960. The van der Waals surface area contributed by atoms with E-state index in [1.807, 2.05) is 0 Å². The van der Waals surface area contributed by atoms with Crippen LogP contribution < -0.4 is 0 Å². The molecule has 2 rings (SSSR count). The zero-order chi connectivity index (χ0) is 12.0. The molecule has 2 fully saturated rings. The van der Waals surface area contributed by atoms with E-state index in [9.17, 15) is 5.11 Å². The van der Waals surface area contributed by atoms with Crippen molar-refractivity contribution in [1.82, 2.24) is 0 Å². The van der Waals surface area contributed by atoms with Gasteiger partial charge in [0.05, 0.1) is 0 Å². The molecule has 1 heteroatoms. The van der Waals surface area contributed by atoms with Gasteiger partial charge in [-0.3, -0.25) is 0 Å². The number of hydrogen-bond acceptors (Lipinski definition) is 1. The van der Waals surface area contributed by atoms with Gasteiger partial charge >= 0.3 is 0 Å². The summed E-state index contributed by atoms with van der Waals surface area (Å²) in [4.78, 5) is 0. The first-order valence-corrected chi connectivity index (χ1v) is 7.00. The Bertz CT molecular complexity index is 265. The van der Waals surface area contributed by atoms with E-state index >= 15 is 0 Å². The van der Waals surface area contributed by atoms with Gasteiger partial charge in [-0.2, -0.15) is 0 Å². The van der Waals surface area contributed by atoms with Gasteiger partial charge in [0, 0.05) is 6.61 Å². The van der Waals surface area contributed by atoms with Crippen LogP contribution in [-0.2, 0) is 0 Å². The van der Waals surface area contributed by atoms with Crippen LogP contribution >= 0.6 is 0 Å². The quantitative estimate of drug-likeness (QED) is 0.765. The van der Waals surface area contributed by atoms with Crippen molar-refractivity contribution in [2.75, 3.05) is 6.61 Å². The van der Waals surface area contributed by atoms with Gasteiger partial charge in [-0.25, -0.2) is 0 Å². The molecule has 0 bridgehead atoms. The molecule has 1 N–H and O–H groups in total. The molecule has 0 aromatic carbocycles. The molecule has 0 aliphatic heterocycles. The Labute approximate surface area is 101 Å². The van der Waals surface area contributed by atoms with Gasteiger partial charge < -0.3 is 5.11 Å². The van der Waals surface area contributed by atoms with Gasteiger partial charge in [0.25, 0.3) is 0 Å². The summed E-state index contributed by atoms with van der Waals surface area (Å²) in [6, 6.07) is 0. The SMILES string of the molecule is CC[C@@]1(CO)CC1CC1(C)CCCC1(C)C. The summed E-state index contributed by atoms with van der Waals surface area (Å²) in [5, 5.41) is 9.51. The molecule has 0 spiro atoms. The molecule has 2 aliphatic rings. The van der Waals surface area contributed by atoms with E-state index in [4.69, 9.17) is 0 Å². The minimum absolute atomic E-state index is 0.307. The van der Waals surface area contributed by atoms with E-state index in [0.29, 0.717) is 22.9 Å². The monoisotopic (exact) mass is 224 g/mol. The van der Waals surface area contributed by atoms with Crippen LogP contribution in [-0.4, -0.2) is 11.7 Å². The standard InChI is InChI=1S/C15H28O/c1-5-15(11-16)10-12(15)9-14(4)8-6-7-13(14,2)3/h12,16H,5-11H2,1-4H3/t12?,14?,15-/m0/s1. The van der Waals surface area contributed by atoms with Crippen molar-refractivity contribution < 1.29 is 5.11 Å². The fourth-order valence-corrected chi connectivity index (χ4v) is 3.94. The van der Waals surface area contributed by atoms with E-state index in [-0.39, 0.29) is 0 Å². The maximum absolute atomic E-state index is 9.51. The average Bonchev–Trinajstić information content (AvgIpc) is 2.84. The Balaban J connectivity index is 2.01. The van der Waals surface area contributed by atoms with Gasteiger partial charge in [-0.05, 0) is 54.3 Å². The van der Waals surface area contributed by atoms with Gasteiger partial charge in [-0.1, -0.05) is 34.1 Å². The molecule has 0 heterocycles. The Morgan fingerprint density at radius 2 is 1.88 bits per heavy atom. The molecule has 0 aromatic heterocycles. The molecule has 0 amide bonds. The van der Waals surface area contributed by atoms with Crippen molar-refractivity contribution in [3.63, 3.8) is 0 Å². The summed E-state index contributed by atoms with van der Waals surface area (Å²) in [5.74, 6) is 0.796. The predicted molar refractivity (Wildman–Crippen MR) is 68.3 cm³/mol. The zero-order valence-electron chi connectivity index (χ0n) is 11.5. The summed E-state index contributed by atoms with van der Waals surface area (Å²) in [7, 11) is 0. The molecular weight excluding hydrogens is 196 g/mol. The van der Waals surface area contributed by atoms with Gasteiger partial charge in [0.15, 0.2) is 0 Å². The maximum Gasteiger partial charge on any atom is 0.0490 e. The van der Waals surface area contributed by atoms with Crippen LogP contribution in [0.4, 0.5) is 0 Å². The molecule has 2 saturated carbocycles. The molecular formula is C15H28O. The second kappa shape index (κ2) is 3.73. The molecule has 0 aromatic rings. The van der Waals surface area contributed by atoms with Crippen LogP contribution in [0.3, 0.4) is 0 Å². The normalized spacial score (nSPS) is 45.9. The number of rotatable bonds is 4. The molecule has 0 radical (unpaired) electrons. The molecule has 0 saturated heterocycles. The van der Waals surface area contributed by atoms with E-state index in [1.54, 1.807) is 0 Å². The summed E-state index contributed by atoms with van der Waals surface area (Å²) in [6.45, 7) is 10.0. The average molecular weight is 224 g/mol. The highest BCUT2D eigenvalue weighted by Gasteiger charge is 2.56. The lowest BCUT2D eigenvalue weighted by atomic mass is 9.66. The van der Waals surface area contributed by atoms with Crippen LogP contribution in [0.5, 0.6) is 0 Å². The zero-order valence-corrected chi connectivity index (χ0v) is 11.5. The second-order valence-corrected chi connectivity index (χ2v) is 7.28. The van der Waals surface area contributed by atoms with Crippen LogP contribution in [0.2, 0.25) is 0 Å². The van der Waals surface area contributed by atoms with Gasteiger partial charge in [-0.15, -0.1) is 0 Å². The second-order valence-electron chi connectivity index (χ2n) is 7.28. The molecule has 2 unspecified atom stereocenters. The molecule has 3 atom stereocenters. The smallest absolute Gasteiger partial charge is 0.0490 e. The third kappa shape index (κ3) is 1.72. The minimum atomic E-state index is 0.307. The third-order valence-corrected chi connectivity index (χ3v) is 6.24. The topological polar surface area (TPSA) is 20.2 Å². The molecule has 1 nitrogen and oxygen atoms in total. The third-order valence-electron chi connectivity index (χ3n) is 6.24. The van der Waals surface area contributed by atoms with E-state index in [0.717, 1.165) is 12.3 Å². The lowest BCUT2D eigenvalue weighted by Gasteiger charge is -2.39. The van der Waals surface area contributed by atoms with Crippen LogP contribution in [0.25, 0.3) is 0 Å². The van der Waals surface area contributed by atoms with E-state index < -0.39 is 0 Å².